The Balaban J connectivity index is 0.000000325. The zero-order chi connectivity index (χ0) is 12.6. The Hall–Kier alpha value is -0.485. The highest BCUT2D eigenvalue weighted by Gasteiger charge is 2.05. The second-order valence-electron chi connectivity index (χ2n) is 4.51. The molecule has 0 heterocycles. The molecule has 16 heavy (non-hydrogen) atoms. The van der Waals surface area contributed by atoms with E-state index in [-0.39, 0.29) is 12.0 Å². The molecule has 0 atom stereocenters. The smallest absolute Gasteiger partial charge is 0.326 e. The van der Waals surface area contributed by atoms with Gasteiger partial charge in [-0.1, -0.05) is 38.4 Å². The van der Waals surface area contributed by atoms with Crippen molar-refractivity contribution >= 4 is 25.0 Å². The fourth-order valence-electron chi connectivity index (χ4n) is 0.652. The highest BCUT2D eigenvalue weighted by molar-refractivity contribution is 7.93. The van der Waals surface area contributed by atoms with Gasteiger partial charge in [0.15, 0.2) is 0 Å². The maximum atomic E-state index is 8.58. The van der Waals surface area contributed by atoms with Gasteiger partial charge >= 0.3 is 7.48 Å². The van der Waals surface area contributed by atoms with Gasteiger partial charge in [0, 0.05) is 23.5 Å². The van der Waals surface area contributed by atoms with E-state index in [0.717, 1.165) is 12.4 Å². The number of hydrogen-bond donors (Lipinski definition) is 3. The molecule has 0 bridgehead atoms. The molecule has 3 N–H and O–H groups in total. The summed E-state index contributed by atoms with van der Waals surface area (Å²) in [5, 5.41) is 16.9. The van der Waals surface area contributed by atoms with Gasteiger partial charge < -0.3 is 14.7 Å². The third kappa shape index (κ3) is 7.76. The quantitative estimate of drug-likeness (QED) is 0.542. The molecule has 0 saturated heterocycles. The van der Waals surface area contributed by atoms with Crippen LogP contribution >= 0.6 is 12.0 Å². The molecule has 1 radical (unpaired) electrons. The van der Waals surface area contributed by atoms with Crippen LogP contribution in [-0.2, 0) is 0 Å². The Labute approximate surface area is 102 Å². The maximum Gasteiger partial charge on any atom is 0.326 e. The van der Waals surface area contributed by atoms with Gasteiger partial charge in [-0.2, -0.15) is 0 Å². The largest absolute Gasteiger partial charge is 0.450 e. The molecule has 1 aromatic carbocycles. The lowest BCUT2D eigenvalue weighted by Crippen LogP contribution is -2.12. The molecule has 0 spiro atoms. The molecule has 1 rings (SSSR count). The average Bonchev–Trinajstić information content (AvgIpc) is 2.29. The summed E-state index contributed by atoms with van der Waals surface area (Å²) in [7, 11) is 1.000. The zero-order valence-electron chi connectivity index (χ0n) is 9.84. The first-order valence-corrected chi connectivity index (χ1v) is 5.70. The standard InChI is InChI=1S/C6H6BO2S.C5H12O/c8-7-5-2-1-3-6(4-5)10-9;1-5(2,3)4-6/h1-4,8-9H;6H,4H2,1-3H3. The van der Waals surface area contributed by atoms with Gasteiger partial charge in [0.1, 0.15) is 0 Å². The van der Waals surface area contributed by atoms with Crippen LogP contribution in [0.1, 0.15) is 20.8 Å². The summed E-state index contributed by atoms with van der Waals surface area (Å²) in [4.78, 5) is 0.725. The summed E-state index contributed by atoms with van der Waals surface area (Å²) < 4.78 is 8.58. The molecule has 89 valence electrons. The lowest BCUT2D eigenvalue weighted by Gasteiger charge is -2.11. The van der Waals surface area contributed by atoms with Crippen LogP contribution in [0.5, 0.6) is 0 Å². The molecule has 5 heteroatoms. The molecule has 1 aromatic rings. The van der Waals surface area contributed by atoms with Crippen molar-refractivity contribution in [1.82, 2.24) is 0 Å². The zero-order valence-corrected chi connectivity index (χ0v) is 10.7. The second-order valence-corrected chi connectivity index (χ2v) is 5.17. The van der Waals surface area contributed by atoms with E-state index in [2.05, 4.69) is 0 Å². The predicted octanol–water partition coefficient (Wildman–Crippen LogP) is 1.51. The van der Waals surface area contributed by atoms with Gasteiger partial charge in [-0.05, 0) is 17.5 Å². The minimum Gasteiger partial charge on any atom is -0.450 e. The van der Waals surface area contributed by atoms with Crippen LogP contribution in [0.2, 0.25) is 0 Å². The topological polar surface area (TPSA) is 60.7 Å². The van der Waals surface area contributed by atoms with Crippen molar-refractivity contribution in [3.8, 4) is 0 Å². The van der Waals surface area contributed by atoms with Crippen LogP contribution in [0.25, 0.3) is 0 Å². The molecular formula is C11H18BO3S. The third-order valence-corrected chi connectivity index (χ3v) is 2.05. The van der Waals surface area contributed by atoms with E-state index in [1.807, 2.05) is 20.8 Å². The fourth-order valence-corrected chi connectivity index (χ4v) is 0.980. The Morgan fingerprint density at radius 2 is 1.88 bits per heavy atom. The first-order valence-electron chi connectivity index (χ1n) is 4.92. The number of hydrogen-bond acceptors (Lipinski definition) is 4. The average molecular weight is 241 g/mol. The summed E-state index contributed by atoms with van der Waals surface area (Å²) >= 11 is 0.667. The van der Waals surface area contributed by atoms with Crippen LogP contribution in [0.4, 0.5) is 0 Å². The first kappa shape index (κ1) is 15.5. The van der Waals surface area contributed by atoms with Crippen LogP contribution in [0.3, 0.4) is 0 Å². The first-order chi connectivity index (χ1) is 7.42. The molecule has 0 unspecified atom stereocenters. The molecule has 0 amide bonds. The highest BCUT2D eigenvalue weighted by atomic mass is 32.2. The van der Waals surface area contributed by atoms with Crippen molar-refractivity contribution in [3.63, 3.8) is 0 Å². The molecule has 0 saturated carbocycles. The Morgan fingerprint density at radius 1 is 1.31 bits per heavy atom. The molecule has 0 aliphatic carbocycles. The monoisotopic (exact) mass is 241 g/mol. The lowest BCUT2D eigenvalue weighted by molar-refractivity contribution is 0.177. The molecular weight excluding hydrogens is 223 g/mol. The summed E-state index contributed by atoms with van der Waals surface area (Å²) in [5.74, 6) is 0. The number of benzene rings is 1. The molecule has 0 aromatic heterocycles. The molecule has 3 nitrogen and oxygen atoms in total. The normalized spacial score (nSPS) is 10.4. The van der Waals surface area contributed by atoms with E-state index in [1.54, 1.807) is 24.3 Å². The van der Waals surface area contributed by atoms with Crippen molar-refractivity contribution in [2.24, 2.45) is 5.41 Å². The van der Waals surface area contributed by atoms with Crippen molar-refractivity contribution in [2.75, 3.05) is 6.61 Å². The number of aliphatic hydroxyl groups is 1. The highest BCUT2D eigenvalue weighted by Crippen LogP contribution is 2.10. The summed E-state index contributed by atoms with van der Waals surface area (Å²) in [6.45, 7) is 6.25. The van der Waals surface area contributed by atoms with Crippen molar-refractivity contribution in [2.45, 2.75) is 25.7 Å². The predicted molar refractivity (Wildman–Crippen MR) is 69.1 cm³/mol. The van der Waals surface area contributed by atoms with Crippen molar-refractivity contribution in [1.29, 1.82) is 0 Å². The SMILES string of the molecule is CC(C)(C)CO.O[B]c1cccc(SO)c1. The number of rotatable bonds is 2. The van der Waals surface area contributed by atoms with E-state index in [1.165, 1.54) is 0 Å². The third-order valence-electron chi connectivity index (χ3n) is 1.59. The Morgan fingerprint density at radius 3 is 2.25 bits per heavy atom. The lowest BCUT2D eigenvalue weighted by atomic mass is 9.89. The van der Waals surface area contributed by atoms with E-state index in [4.69, 9.17) is 14.7 Å². The minimum absolute atomic E-state index is 0.0972. The van der Waals surface area contributed by atoms with Crippen LogP contribution in [0.15, 0.2) is 29.2 Å². The maximum absolute atomic E-state index is 8.58. The van der Waals surface area contributed by atoms with E-state index < -0.39 is 0 Å². The fraction of sp³-hybridized carbons (Fsp3) is 0.455. The molecule has 0 aliphatic heterocycles. The minimum atomic E-state index is 0.0972. The van der Waals surface area contributed by atoms with Gasteiger partial charge in [-0.3, -0.25) is 0 Å². The van der Waals surface area contributed by atoms with E-state index in [0.29, 0.717) is 17.5 Å². The number of aliphatic hydroxyl groups excluding tert-OH is 1. The van der Waals surface area contributed by atoms with Gasteiger partial charge in [0.05, 0.1) is 0 Å². The van der Waals surface area contributed by atoms with Gasteiger partial charge in [-0.15, -0.1) is 0 Å². The van der Waals surface area contributed by atoms with Gasteiger partial charge in [-0.25, -0.2) is 0 Å². The van der Waals surface area contributed by atoms with E-state index >= 15 is 0 Å². The molecule has 0 aliphatic rings. The summed E-state index contributed by atoms with van der Waals surface area (Å²) in [6.07, 6.45) is 0. The molecule has 0 fully saturated rings. The Kier molecular flexibility index (Phi) is 7.50. The van der Waals surface area contributed by atoms with Gasteiger partial charge in [0.2, 0.25) is 0 Å². The second kappa shape index (κ2) is 7.73. The van der Waals surface area contributed by atoms with Crippen LogP contribution in [0, 0.1) is 5.41 Å². The van der Waals surface area contributed by atoms with Crippen LogP contribution in [-0.4, -0.2) is 28.8 Å². The van der Waals surface area contributed by atoms with Gasteiger partial charge in [0.25, 0.3) is 0 Å². The van der Waals surface area contributed by atoms with Crippen molar-refractivity contribution in [3.05, 3.63) is 24.3 Å². The van der Waals surface area contributed by atoms with E-state index in [9.17, 15) is 0 Å². The Bertz CT molecular complexity index is 280. The van der Waals surface area contributed by atoms with Crippen LogP contribution < -0.4 is 5.46 Å². The van der Waals surface area contributed by atoms with Crippen molar-refractivity contribution < 1.29 is 14.7 Å². The summed E-state index contributed by atoms with van der Waals surface area (Å²) in [6, 6.07) is 6.96. The summed E-state index contributed by atoms with van der Waals surface area (Å²) in [5.41, 5.74) is 0.791.